The summed E-state index contributed by atoms with van der Waals surface area (Å²) in [4.78, 5) is 4.27. The molecule has 1 fully saturated rings. The summed E-state index contributed by atoms with van der Waals surface area (Å²) in [5.74, 6) is 0.840. The van der Waals surface area contributed by atoms with Crippen molar-refractivity contribution in [3.63, 3.8) is 0 Å². The summed E-state index contributed by atoms with van der Waals surface area (Å²) in [5, 5.41) is 0. The average Bonchev–Trinajstić information content (AvgIpc) is 2.77. The van der Waals surface area contributed by atoms with Gasteiger partial charge >= 0.3 is 0 Å². The molecule has 3 heteroatoms. The number of nitrogens with two attached hydrogens (primary N) is 1. The van der Waals surface area contributed by atoms with E-state index in [4.69, 9.17) is 5.73 Å². The highest BCUT2D eigenvalue weighted by molar-refractivity contribution is 5.06. The first-order chi connectivity index (χ1) is 7.72. The smallest absolute Gasteiger partial charge is 0.0951 e. The maximum absolute atomic E-state index is 6.12. The van der Waals surface area contributed by atoms with E-state index in [0.29, 0.717) is 6.04 Å². The molecule has 1 aliphatic rings. The summed E-state index contributed by atoms with van der Waals surface area (Å²) < 4.78 is 2.32. The third kappa shape index (κ3) is 2.29. The summed E-state index contributed by atoms with van der Waals surface area (Å²) in [6.45, 7) is 4.48. The van der Waals surface area contributed by atoms with Gasteiger partial charge in [0.25, 0.3) is 0 Å². The highest BCUT2D eigenvalue weighted by atomic mass is 15.1. The summed E-state index contributed by atoms with van der Waals surface area (Å²) in [6, 6.07) is 0.763. The Hall–Kier alpha value is -0.830. The minimum atomic E-state index is 0.139. The van der Waals surface area contributed by atoms with Crippen LogP contribution in [-0.4, -0.2) is 9.55 Å². The molecule has 3 atom stereocenters. The molecule has 3 nitrogen and oxygen atoms in total. The average molecular weight is 221 g/mol. The molecule has 0 spiro atoms. The second kappa shape index (κ2) is 5.00. The lowest BCUT2D eigenvalue weighted by molar-refractivity contribution is 0.275. The van der Waals surface area contributed by atoms with Gasteiger partial charge in [0.2, 0.25) is 0 Å². The van der Waals surface area contributed by atoms with Crippen LogP contribution in [-0.2, 0) is 0 Å². The monoisotopic (exact) mass is 221 g/mol. The van der Waals surface area contributed by atoms with Crippen LogP contribution in [0.4, 0.5) is 0 Å². The van der Waals surface area contributed by atoms with E-state index in [2.05, 4.69) is 23.4 Å². The van der Waals surface area contributed by atoms with Crippen molar-refractivity contribution in [2.45, 2.75) is 58.0 Å². The number of hydrogen-bond donors (Lipinski definition) is 1. The maximum Gasteiger partial charge on any atom is 0.0951 e. The molecule has 2 unspecified atom stereocenters. The first-order valence-corrected chi connectivity index (χ1v) is 6.49. The van der Waals surface area contributed by atoms with Crippen molar-refractivity contribution in [3.05, 3.63) is 18.2 Å². The van der Waals surface area contributed by atoms with Gasteiger partial charge in [0, 0.05) is 18.3 Å². The van der Waals surface area contributed by atoms with Gasteiger partial charge in [-0.1, -0.05) is 26.7 Å². The summed E-state index contributed by atoms with van der Waals surface area (Å²) in [7, 11) is 0. The lowest BCUT2D eigenvalue weighted by atomic mass is 9.87. The van der Waals surface area contributed by atoms with Gasteiger partial charge in [0.15, 0.2) is 0 Å². The van der Waals surface area contributed by atoms with Gasteiger partial charge < -0.3 is 10.3 Å². The van der Waals surface area contributed by atoms with E-state index >= 15 is 0 Å². The fourth-order valence-corrected chi connectivity index (χ4v) is 2.77. The quantitative estimate of drug-likeness (QED) is 0.852. The Morgan fingerprint density at radius 1 is 1.56 bits per heavy atom. The molecule has 0 aliphatic heterocycles. The van der Waals surface area contributed by atoms with Gasteiger partial charge in [0.05, 0.1) is 12.0 Å². The second-order valence-corrected chi connectivity index (χ2v) is 5.17. The van der Waals surface area contributed by atoms with E-state index in [1.807, 2.05) is 12.5 Å². The molecular weight excluding hydrogens is 198 g/mol. The third-order valence-corrected chi connectivity index (χ3v) is 3.82. The minimum Gasteiger partial charge on any atom is -0.330 e. The Labute approximate surface area is 98.1 Å². The number of imidazole rings is 1. The van der Waals surface area contributed by atoms with Crippen LogP contribution in [0.2, 0.25) is 0 Å². The summed E-state index contributed by atoms with van der Waals surface area (Å²) in [6.07, 6.45) is 10.2. The van der Waals surface area contributed by atoms with Crippen molar-refractivity contribution in [2.75, 3.05) is 0 Å². The predicted molar refractivity (Wildman–Crippen MR) is 66.1 cm³/mol. The number of hydrogen-bond acceptors (Lipinski definition) is 2. The normalized spacial score (nSPS) is 27.9. The summed E-state index contributed by atoms with van der Waals surface area (Å²) >= 11 is 0. The van der Waals surface area contributed by atoms with Crippen molar-refractivity contribution in [2.24, 2.45) is 11.7 Å². The molecular formula is C13H23N3. The van der Waals surface area contributed by atoms with Crippen LogP contribution in [0.15, 0.2) is 12.5 Å². The van der Waals surface area contributed by atoms with Crippen LogP contribution in [0, 0.1) is 5.92 Å². The fraction of sp³-hybridized carbons (Fsp3) is 0.769. The Balaban J connectivity index is 2.16. The lowest BCUT2D eigenvalue weighted by Gasteiger charge is -2.29. The SMILES string of the molecule is CC[C@@H](N)c1cncn1C1CCCC(C)C1. The topological polar surface area (TPSA) is 43.8 Å². The zero-order valence-corrected chi connectivity index (χ0v) is 10.4. The van der Waals surface area contributed by atoms with Crippen LogP contribution in [0.1, 0.15) is 63.7 Å². The molecule has 1 saturated carbocycles. The van der Waals surface area contributed by atoms with Crippen molar-refractivity contribution < 1.29 is 0 Å². The lowest BCUT2D eigenvalue weighted by Crippen LogP contribution is -2.22. The summed E-state index contributed by atoms with van der Waals surface area (Å²) in [5.41, 5.74) is 7.33. The van der Waals surface area contributed by atoms with Crippen molar-refractivity contribution in [3.8, 4) is 0 Å². The van der Waals surface area contributed by atoms with Gasteiger partial charge in [-0.05, 0) is 25.2 Å². The molecule has 1 heterocycles. The Morgan fingerprint density at radius 3 is 3.06 bits per heavy atom. The highest BCUT2D eigenvalue weighted by Crippen LogP contribution is 2.33. The predicted octanol–water partition coefficient (Wildman–Crippen LogP) is 3.04. The highest BCUT2D eigenvalue weighted by Gasteiger charge is 2.23. The number of rotatable bonds is 3. The van der Waals surface area contributed by atoms with Crippen molar-refractivity contribution in [1.29, 1.82) is 0 Å². The number of nitrogens with zero attached hydrogens (tertiary/aromatic N) is 2. The molecule has 90 valence electrons. The molecule has 1 aliphatic carbocycles. The molecule has 0 radical (unpaired) electrons. The standard InChI is InChI=1S/C13H23N3/c1-3-12(14)13-8-15-9-16(13)11-6-4-5-10(2)7-11/h8-12H,3-7,14H2,1-2H3/t10?,11?,12-/m1/s1. The van der Waals surface area contributed by atoms with Crippen LogP contribution < -0.4 is 5.73 Å². The van der Waals surface area contributed by atoms with Crippen LogP contribution in [0.3, 0.4) is 0 Å². The van der Waals surface area contributed by atoms with Gasteiger partial charge in [-0.25, -0.2) is 4.98 Å². The third-order valence-electron chi connectivity index (χ3n) is 3.82. The Morgan fingerprint density at radius 2 is 2.38 bits per heavy atom. The van der Waals surface area contributed by atoms with E-state index in [0.717, 1.165) is 12.3 Å². The maximum atomic E-state index is 6.12. The molecule has 0 bridgehead atoms. The van der Waals surface area contributed by atoms with E-state index in [1.165, 1.54) is 31.4 Å². The zero-order valence-electron chi connectivity index (χ0n) is 10.4. The van der Waals surface area contributed by atoms with E-state index < -0.39 is 0 Å². The van der Waals surface area contributed by atoms with Crippen LogP contribution in [0.25, 0.3) is 0 Å². The van der Waals surface area contributed by atoms with Crippen LogP contribution >= 0.6 is 0 Å². The van der Waals surface area contributed by atoms with Crippen molar-refractivity contribution in [1.82, 2.24) is 9.55 Å². The van der Waals surface area contributed by atoms with Gasteiger partial charge in [0.1, 0.15) is 0 Å². The van der Waals surface area contributed by atoms with Gasteiger partial charge in [-0.3, -0.25) is 0 Å². The molecule has 2 N–H and O–H groups in total. The van der Waals surface area contributed by atoms with Crippen LogP contribution in [0.5, 0.6) is 0 Å². The molecule has 0 aromatic carbocycles. The molecule has 0 amide bonds. The van der Waals surface area contributed by atoms with E-state index in [1.54, 1.807) is 0 Å². The largest absolute Gasteiger partial charge is 0.330 e. The zero-order chi connectivity index (χ0) is 11.5. The van der Waals surface area contributed by atoms with Gasteiger partial charge in [-0.15, -0.1) is 0 Å². The molecule has 1 aromatic heterocycles. The van der Waals surface area contributed by atoms with Gasteiger partial charge in [-0.2, -0.15) is 0 Å². The molecule has 16 heavy (non-hydrogen) atoms. The molecule has 1 aromatic rings. The molecule has 0 saturated heterocycles. The second-order valence-electron chi connectivity index (χ2n) is 5.17. The van der Waals surface area contributed by atoms with E-state index in [9.17, 15) is 0 Å². The first-order valence-electron chi connectivity index (χ1n) is 6.49. The fourth-order valence-electron chi connectivity index (χ4n) is 2.77. The van der Waals surface area contributed by atoms with Crippen molar-refractivity contribution >= 4 is 0 Å². The molecule has 2 rings (SSSR count). The van der Waals surface area contributed by atoms with E-state index in [-0.39, 0.29) is 6.04 Å². The number of aromatic nitrogens is 2. The Bertz CT molecular complexity index is 332. The Kier molecular flexibility index (Phi) is 3.64. The minimum absolute atomic E-state index is 0.139. The first kappa shape index (κ1) is 11.6.